The molecule has 0 aliphatic heterocycles. The van der Waals surface area contributed by atoms with Crippen molar-refractivity contribution in [2.75, 3.05) is 26.1 Å². The fraction of sp³-hybridized carbons (Fsp3) is 0.312. The number of aromatic nitrogens is 4. The van der Waals surface area contributed by atoms with Gasteiger partial charge in [-0.1, -0.05) is 24.3 Å². The predicted molar refractivity (Wildman–Crippen MR) is 118 cm³/mol. The fourth-order valence-electron chi connectivity index (χ4n) is 2.69. The highest BCUT2D eigenvalue weighted by atomic mass is 127. The van der Waals surface area contributed by atoms with Gasteiger partial charge in [0.25, 0.3) is 5.01 Å². The van der Waals surface area contributed by atoms with Gasteiger partial charge in [0.2, 0.25) is 0 Å². The first-order valence-electron chi connectivity index (χ1n) is 8.24. The number of nitrogens with one attached hydrogen (secondary N) is 1. The lowest BCUT2D eigenvalue weighted by molar-refractivity contribution is 0.141. The van der Waals surface area contributed by atoms with Crippen molar-refractivity contribution in [3.8, 4) is 6.01 Å². The van der Waals surface area contributed by atoms with Gasteiger partial charge in [-0.15, -0.1) is 0 Å². The smallest absolute Gasteiger partial charge is 0.320 e. The van der Waals surface area contributed by atoms with Crippen LogP contribution in [0.5, 0.6) is 6.01 Å². The number of methoxy groups -OCH3 is 1. The van der Waals surface area contributed by atoms with Crippen molar-refractivity contribution in [1.82, 2.24) is 19.5 Å². The lowest BCUT2D eigenvalue weighted by atomic mass is 10.1. The molecule has 9 nitrogen and oxygen atoms in total. The number of fused-ring (bicyclic) bond motifs is 1. The molecule has 0 amide bonds. The third-order valence-corrected chi connectivity index (χ3v) is 5.96. The molecule has 0 bridgehead atoms. The third kappa shape index (κ3) is 5.29. The summed E-state index contributed by atoms with van der Waals surface area (Å²) in [5.74, 6) is 0.238. The Kier molecular flexibility index (Phi) is 6.71. The largest absolute Gasteiger partial charge is 0.461 e. The average Bonchev–Trinajstić information content (AvgIpc) is 2.91. The molecule has 1 atom stereocenters. The summed E-state index contributed by atoms with van der Waals surface area (Å²) in [4.78, 5) is 21.2. The summed E-state index contributed by atoms with van der Waals surface area (Å²) in [6.45, 7) is 1.11. The zero-order valence-corrected chi connectivity index (χ0v) is 18.8. The minimum Gasteiger partial charge on any atom is -0.461 e. The van der Waals surface area contributed by atoms with Crippen LogP contribution in [0.1, 0.15) is 11.1 Å². The van der Waals surface area contributed by atoms with E-state index in [-0.39, 0.29) is 18.0 Å². The second-order valence-corrected chi connectivity index (χ2v) is 12.5. The van der Waals surface area contributed by atoms with Crippen molar-refractivity contribution in [3.63, 3.8) is 0 Å². The Hall–Kier alpha value is -1.53. The number of ether oxygens (including phenoxy) is 2. The van der Waals surface area contributed by atoms with Crippen LogP contribution >= 0.6 is 39.3 Å². The number of anilines is 1. The summed E-state index contributed by atoms with van der Waals surface area (Å²) >= 11 is 7.00. The van der Waals surface area contributed by atoms with Gasteiger partial charge in [-0.3, -0.25) is 9.13 Å². The van der Waals surface area contributed by atoms with Crippen molar-refractivity contribution in [3.05, 3.63) is 40.2 Å². The first-order chi connectivity index (χ1) is 13.3. The maximum Gasteiger partial charge on any atom is 0.320 e. The van der Waals surface area contributed by atoms with Gasteiger partial charge in [0.05, 0.1) is 19.3 Å². The van der Waals surface area contributed by atoms with E-state index in [0.717, 1.165) is 11.1 Å². The highest BCUT2D eigenvalue weighted by Gasteiger charge is 2.16. The Labute approximate surface area is 179 Å². The molecule has 28 heavy (non-hydrogen) atoms. The van der Waals surface area contributed by atoms with Crippen LogP contribution in [0.15, 0.2) is 24.3 Å². The number of hydrogen-bond acceptors (Lipinski definition) is 7. The molecule has 150 valence electrons. The summed E-state index contributed by atoms with van der Waals surface area (Å²) in [6, 6.07) is 7.60. The first kappa shape index (κ1) is 21.2. The van der Waals surface area contributed by atoms with E-state index in [0.29, 0.717) is 35.7 Å². The molecule has 2 heterocycles. The molecule has 0 saturated carbocycles. The maximum atomic E-state index is 11.7. The van der Waals surface area contributed by atoms with Crippen LogP contribution in [0.2, 0.25) is 0 Å². The molecule has 3 aromatic rings. The van der Waals surface area contributed by atoms with Crippen LogP contribution in [0, 0.1) is 4.77 Å². The lowest BCUT2D eigenvalue weighted by Crippen LogP contribution is -2.09. The average molecular weight is 535 g/mol. The number of imidazole rings is 1. The molecule has 12 heteroatoms. The normalized spacial score (nSPS) is 13.5. The third-order valence-electron chi connectivity index (χ3n) is 3.86. The maximum absolute atomic E-state index is 11.7. The van der Waals surface area contributed by atoms with E-state index in [4.69, 9.17) is 27.4 Å². The number of nitrogens with zero attached hydrogens (tertiary/aromatic N) is 3. The summed E-state index contributed by atoms with van der Waals surface area (Å²) in [7, 11) is 1.58. The molecule has 0 fully saturated rings. The van der Waals surface area contributed by atoms with E-state index in [2.05, 4.69) is 15.0 Å². The fourth-order valence-corrected chi connectivity index (χ4v) is 4.77. The standard InChI is InChI=1S/C16H19IN5O4PS/c1-25-5-6-26-15-20-13(18)12-14(21-15)22(16(28)19-12)8-10-3-2-4-11(7-10)9-27(17,23)24/h2-4,7H,5-6,8-9H2,1H3,(H,19,28)(H,23,24)(H2,18,20,21). The molecule has 1 unspecified atom stereocenters. The van der Waals surface area contributed by atoms with Crippen molar-refractivity contribution in [1.29, 1.82) is 0 Å². The minimum atomic E-state index is -3.18. The predicted octanol–water partition coefficient (Wildman–Crippen LogP) is 3.26. The number of rotatable bonds is 8. The number of nitrogen functional groups attached to an aromatic ring is 1. The number of H-pyrrole nitrogens is 1. The Morgan fingerprint density at radius 1 is 1.36 bits per heavy atom. The summed E-state index contributed by atoms with van der Waals surface area (Å²) in [5, 5.41) is -3.18. The second kappa shape index (κ2) is 8.87. The van der Waals surface area contributed by atoms with Crippen LogP contribution < -0.4 is 10.5 Å². The first-order valence-corrected chi connectivity index (χ1v) is 13.3. The van der Waals surface area contributed by atoms with Crippen LogP contribution in [-0.2, 0) is 22.0 Å². The molecule has 0 spiro atoms. The molecule has 4 N–H and O–H groups in total. The Balaban J connectivity index is 1.94. The number of nitrogens with two attached hydrogens (primary N) is 1. The van der Waals surface area contributed by atoms with Crippen LogP contribution in [0.3, 0.4) is 0 Å². The monoisotopic (exact) mass is 535 g/mol. The second-order valence-electron chi connectivity index (χ2n) is 6.04. The van der Waals surface area contributed by atoms with Crippen LogP contribution in [0.4, 0.5) is 5.82 Å². The topological polar surface area (TPSA) is 128 Å². The van der Waals surface area contributed by atoms with E-state index in [9.17, 15) is 9.46 Å². The van der Waals surface area contributed by atoms with Crippen molar-refractivity contribution in [2.45, 2.75) is 12.7 Å². The Morgan fingerprint density at radius 3 is 2.82 bits per heavy atom. The number of aromatic amines is 1. The van der Waals surface area contributed by atoms with E-state index < -0.39 is 5.01 Å². The molecule has 0 radical (unpaired) electrons. The van der Waals surface area contributed by atoms with Gasteiger partial charge in [0.1, 0.15) is 12.1 Å². The summed E-state index contributed by atoms with van der Waals surface area (Å²) in [6.07, 6.45) is 0.104. The Bertz CT molecular complexity index is 1100. The molecule has 1 aromatic carbocycles. The molecule has 2 aromatic heterocycles. The highest BCUT2D eigenvalue weighted by molar-refractivity contribution is 14.2. The van der Waals surface area contributed by atoms with E-state index in [1.807, 2.05) is 24.3 Å². The van der Waals surface area contributed by atoms with Crippen molar-refractivity contribution in [2.24, 2.45) is 0 Å². The van der Waals surface area contributed by atoms with Crippen molar-refractivity contribution >= 4 is 56.3 Å². The van der Waals surface area contributed by atoms with Gasteiger partial charge in [-0.2, -0.15) is 9.97 Å². The van der Waals surface area contributed by atoms with E-state index in [1.54, 1.807) is 33.7 Å². The van der Waals surface area contributed by atoms with Gasteiger partial charge in [0, 0.05) is 29.2 Å². The van der Waals surface area contributed by atoms with E-state index in [1.165, 1.54) is 0 Å². The molecule has 0 aliphatic carbocycles. The zero-order valence-electron chi connectivity index (χ0n) is 15.0. The highest BCUT2D eigenvalue weighted by Crippen LogP contribution is 2.53. The lowest BCUT2D eigenvalue weighted by Gasteiger charge is -2.09. The molecule has 0 aliphatic rings. The van der Waals surface area contributed by atoms with Gasteiger partial charge in [-0.25, -0.2) is 0 Å². The summed E-state index contributed by atoms with van der Waals surface area (Å²) in [5.41, 5.74) is 8.77. The minimum absolute atomic E-state index is 0.104. The molecule has 0 saturated heterocycles. The number of halogens is 1. The van der Waals surface area contributed by atoms with Gasteiger partial charge >= 0.3 is 6.01 Å². The molecular formula is C16H19IN5O4PS. The van der Waals surface area contributed by atoms with Crippen LogP contribution in [0.25, 0.3) is 11.2 Å². The van der Waals surface area contributed by atoms with Gasteiger partial charge < -0.3 is 25.1 Å². The molecule has 3 rings (SSSR count). The van der Waals surface area contributed by atoms with Gasteiger partial charge in [0.15, 0.2) is 16.2 Å². The molecular weight excluding hydrogens is 516 g/mol. The Morgan fingerprint density at radius 2 is 2.11 bits per heavy atom. The summed E-state index contributed by atoms with van der Waals surface area (Å²) < 4.78 is 24.3. The number of benzene rings is 1. The van der Waals surface area contributed by atoms with E-state index >= 15 is 0 Å². The SMILES string of the molecule is COCCOc1nc(N)c2[nH]c(=S)n(Cc3cccc(CP(=O)(O)I)c3)c2n1. The van der Waals surface area contributed by atoms with Crippen LogP contribution in [-0.4, -0.2) is 44.7 Å². The van der Waals surface area contributed by atoms with Gasteiger partial charge in [-0.05, 0) is 23.3 Å². The quantitative estimate of drug-likeness (QED) is 0.174. The van der Waals surface area contributed by atoms with Crippen molar-refractivity contribution < 1.29 is 18.9 Å². The zero-order chi connectivity index (χ0) is 20.3. The number of hydrogen-bond donors (Lipinski definition) is 3.